The Kier molecular flexibility index (Phi) is 7.26. The molecule has 0 spiro atoms. The second-order valence-electron chi connectivity index (χ2n) is 7.26. The molecule has 7 nitrogen and oxygen atoms in total. The van der Waals surface area contributed by atoms with Crippen molar-refractivity contribution in [1.82, 2.24) is 0 Å². The first-order chi connectivity index (χ1) is 15.9. The number of benzene rings is 3. The number of rotatable bonds is 8. The van der Waals surface area contributed by atoms with E-state index in [1.54, 1.807) is 0 Å². The molecule has 1 amide bonds. The first-order valence-corrected chi connectivity index (χ1v) is 11.3. The van der Waals surface area contributed by atoms with Crippen molar-refractivity contribution in [3.63, 3.8) is 0 Å². The van der Waals surface area contributed by atoms with Crippen LogP contribution in [-0.2, 0) is 27.4 Å². The molecule has 0 saturated carbocycles. The number of anilines is 2. The predicted molar refractivity (Wildman–Crippen MR) is 119 cm³/mol. The van der Waals surface area contributed by atoms with Gasteiger partial charge in [0.1, 0.15) is 0 Å². The van der Waals surface area contributed by atoms with Gasteiger partial charge in [0.2, 0.25) is 0 Å². The zero-order valence-electron chi connectivity index (χ0n) is 17.5. The summed E-state index contributed by atoms with van der Waals surface area (Å²) in [5.74, 6) is -1.68. The van der Waals surface area contributed by atoms with E-state index in [0.29, 0.717) is 5.56 Å². The Hall–Kier alpha value is -3.86. The fourth-order valence-electron chi connectivity index (χ4n) is 3.00. The van der Waals surface area contributed by atoms with Crippen LogP contribution in [0.4, 0.5) is 24.5 Å². The first-order valence-electron chi connectivity index (χ1n) is 9.86. The van der Waals surface area contributed by atoms with E-state index in [-0.39, 0.29) is 34.7 Å². The number of halogens is 3. The molecule has 0 aliphatic carbocycles. The van der Waals surface area contributed by atoms with Crippen LogP contribution < -0.4 is 10.0 Å². The van der Waals surface area contributed by atoms with Gasteiger partial charge in [-0.15, -0.1) is 0 Å². The monoisotopic (exact) mass is 492 g/mol. The van der Waals surface area contributed by atoms with Crippen molar-refractivity contribution in [3.8, 4) is 0 Å². The third-order valence-corrected chi connectivity index (χ3v) is 6.08. The molecule has 178 valence electrons. The highest BCUT2D eigenvalue weighted by Crippen LogP contribution is 2.30. The Morgan fingerprint density at radius 1 is 0.882 bits per heavy atom. The molecule has 0 unspecified atom stereocenters. The summed E-state index contributed by atoms with van der Waals surface area (Å²) in [7, 11) is -4.01. The van der Waals surface area contributed by atoms with Crippen LogP contribution in [0.5, 0.6) is 0 Å². The van der Waals surface area contributed by atoms with E-state index in [2.05, 4.69) is 10.0 Å². The fraction of sp³-hybridized carbons (Fsp3) is 0.130. The van der Waals surface area contributed by atoms with Gasteiger partial charge in [-0.3, -0.25) is 14.3 Å². The number of amides is 1. The van der Waals surface area contributed by atoms with Crippen molar-refractivity contribution < 1.29 is 36.3 Å². The van der Waals surface area contributed by atoms with Crippen LogP contribution in [0.3, 0.4) is 0 Å². The zero-order chi connectivity index (χ0) is 24.9. The quantitative estimate of drug-likeness (QED) is 0.419. The molecular formula is C23H19F3N2O5S. The molecule has 0 aliphatic rings. The van der Waals surface area contributed by atoms with E-state index >= 15 is 0 Å². The van der Waals surface area contributed by atoms with Crippen LogP contribution in [0.15, 0.2) is 77.7 Å². The summed E-state index contributed by atoms with van der Waals surface area (Å²) in [6.45, 7) is 0. The van der Waals surface area contributed by atoms with Crippen molar-refractivity contribution >= 4 is 33.3 Å². The zero-order valence-corrected chi connectivity index (χ0v) is 18.3. The number of sulfonamides is 1. The topological polar surface area (TPSA) is 113 Å². The van der Waals surface area contributed by atoms with Gasteiger partial charge in [-0.2, -0.15) is 13.2 Å². The van der Waals surface area contributed by atoms with Gasteiger partial charge in [0.15, 0.2) is 0 Å². The van der Waals surface area contributed by atoms with Gasteiger partial charge in [0, 0.05) is 23.4 Å². The van der Waals surface area contributed by atoms with Gasteiger partial charge >= 0.3 is 12.1 Å². The minimum absolute atomic E-state index is 0.0293. The lowest BCUT2D eigenvalue weighted by Gasteiger charge is -2.12. The average Bonchev–Trinajstić information content (AvgIpc) is 2.77. The number of carboxylic acid groups (broad SMARTS) is 1. The summed E-state index contributed by atoms with van der Waals surface area (Å²) >= 11 is 0. The molecule has 0 heterocycles. The predicted octanol–water partition coefficient (Wildman–Crippen LogP) is 4.78. The summed E-state index contributed by atoms with van der Waals surface area (Å²) in [5.41, 5.74) is -0.211. The van der Waals surface area contributed by atoms with E-state index in [4.69, 9.17) is 5.11 Å². The lowest BCUT2D eigenvalue weighted by atomic mass is 10.1. The van der Waals surface area contributed by atoms with E-state index in [1.807, 2.05) is 0 Å². The van der Waals surface area contributed by atoms with Crippen LogP contribution >= 0.6 is 0 Å². The molecule has 0 fully saturated rings. The molecule has 3 aromatic carbocycles. The molecular weight excluding hydrogens is 473 g/mol. The third kappa shape index (κ3) is 6.58. The number of carbonyl (C=O) groups excluding carboxylic acids is 1. The van der Waals surface area contributed by atoms with Gasteiger partial charge in [0.25, 0.3) is 15.9 Å². The second-order valence-corrected chi connectivity index (χ2v) is 8.94. The largest absolute Gasteiger partial charge is 0.481 e. The smallest absolute Gasteiger partial charge is 0.416 e. The van der Waals surface area contributed by atoms with Crippen LogP contribution in [0.2, 0.25) is 0 Å². The molecule has 34 heavy (non-hydrogen) atoms. The lowest BCUT2D eigenvalue weighted by molar-refractivity contribution is -0.138. The minimum Gasteiger partial charge on any atom is -0.481 e. The highest BCUT2D eigenvalue weighted by atomic mass is 32.2. The molecule has 3 rings (SSSR count). The van der Waals surface area contributed by atoms with Crippen molar-refractivity contribution in [1.29, 1.82) is 0 Å². The Labute approximate surface area is 193 Å². The van der Waals surface area contributed by atoms with Crippen LogP contribution in [-0.4, -0.2) is 25.4 Å². The Morgan fingerprint density at radius 2 is 1.53 bits per heavy atom. The van der Waals surface area contributed by atoms with Gasteiger partial charge in [-0.25, -0.2) is 8.42 Å². The van der Waals surface area contributed by atoms with Crippen LogP contribution in [0.25, 0.3) is 0 Å². The summed E-state index contributed by atoms with van der Waals surface area (Å²) in [4.78, 5) is 23.1. The molecule has 3 aromatic rings. The standard InChI is InChI=1S/C23H19F3N2O5S/c24-23(25,26)17-4-2-5-18(14-17)27-22(31)16-3-1-6-19(13-16)28-34(32,33)20-10-7-15(8-11-20)9-12-21(29)30/h1-8,10-11,13-14,28H,9,12H2,(H,27,31)(H,29,30). The van der Waals surface area contributed by atoms with E-state index in [0.717, 1.165) is 18.2 Å². The molecule has 0 atom stereocenters. The molecule has 0 aromatic heterocycles. The third-order valence-electron chi connectivity index (χ3n) is 4.69. The number of aryl methyl sites for hydroxylation is 1. The van der Waals surface area contributed by atoms with Crippen molar-refractivity contribution in [3.05, 3.63) is 89.5 Å². The summed E-state index contributed by atoms with van der Waals surface area (Å²) in [5, 5.41) is 11.1. The number of carbonyl (C=O) groups is 2. The first kappa shape index (κ1) is 24.8. The number of hydrogen-bond donors (Lipinski definition) is 3. The van der Waals surface area contributed by atoms with Crippen molar-refractivity contribution in [2.24, 2.45) is 0 Å². The summed E-state index contributed by atoms with van der Waals surface area (Å²) in [6.07, 6.45) is -4.39. The maximum Gasteiger partial charge on any atom is 0.416 e. The molecule has 11 heteroatoms. The number of nitrogens with one attached hydrogen (secondary N) is 2. The second kappa shape index (κ2) is 9.96. The molecule has 0 aliphatic heterocycles. The van der Waals surface area contributed by atoms with Gasteiger partial charge < -0.3 is 10.4 Å². The Bertz CT molecular complexity index is 1310. The van der Waals surface area contributed by atoms with Crippen molar-refractivity contribution in [2.75, 3.05) is 10.0 Å². The highest BCUT2D eigenvalue weighted by Gasteiger charge is 2.30. The van der Waals surface area contributed by atoms with E-state index in [9.17, 15) is 31.2 Å². The minimum atomic E-state index is -4.56. The lowest BCUT2D eigenvalue weighted by Crippen LogP contribution is -2.15. The van der Waals surface area contributed by atoms with E-state index in [1.165, 1.54) is 54.6 Å². The van der Waals surface area contributed by atoms with Crippen LogP contribution in [0, 0.1) is 0 Å². The number of carboxylic acids is 1. The van der Waals surface area contributed by atoms with Gasteiger partial charge in [-0.1, -0.05) is 24.3 Å². The molecule has 0 radical (unpaired) electrons. The maximum absolute atomic E-state index is 12.9. The molecule has 0 bridgehead atoms. The van der Waals surface area contributed by atoms with E-state index < -0.39 is 33.6 Å². The van der Waals surface area contributed by atoms with Gasteiger partial charge in [0.05, 0.1) is 10.5 Å². The maximum atomic E-state index is 12.9. The number of alkyl halides is 3. The number of aliphatic carboxylic acids is 1. The van der Waals surface area contributed by atoms with Gasteiger partial charge in [-0.05, 0) is 60.5 Å². The fourth-order valence-corrected chi connectivity index (χ4v) is 4.05. The average molecular weight is 492 g/mol. The van der Waals surface area contributed by atoms with Crippen molar-refractivity contribution in [2.45, 2.75) is 23.9 Å². The normalized spacial score (nSPS) is 11.6. The van der Waals surface area contributed by atoms with Crippen LogP contribution in [0.1, 0.15) is 27.9 Å². The highest BCUT2D eigenvalue weighted by molar-refractivity contribution is 7.92. The molecule has 0 saturated heterocycles. The summed E-state index contributed by atoms with van der Waals surface area (Å²) < 4.78 is 66.3. The Balaban J connectivity index is 1.72. The summed E-state index contributed by atoms with van der Waals surface area (Å²) in [6, 6.07) is 15.3. The molecule has 3 N–H and O–H groups in total. The number of hydrogen-bond acceptors (Lipinski definition) is 4. The Morgan fingerprint density at radius 3 is 2.18 bits per heavy atom. The SMILES string of the molecule is O=C(O)CCc1ccc(S(=O)(=O)Nc2cccc(C(=O)Nc3cccc(C(F)(F)F)c3)c2)cc1.